The molecule has 2 unspecified atom stereocenters. The zero-order valence-electron chi connectivity index (χ0n) is 12.7. The van der Waals surface area contributed by atoms with Crippen LogP contribution in [0.5, 0.6) is 0 Å². The summed E-state index contributed by atoms with van der Waals surface area (Å²) < 4.78 is 1.70. The number of hydrogen-bond acceptors (Lipinski definition) is 4. The summed E-state index contributed by atoms with van der Waals surface area (Å²) in [7, 11) is 1.82. The van der Waals surface area contributed by atoms with Crippen LogP contribution in [0.4, 0.5) is 0 Å². The van der Waals surface area contributed by atoms with Gasteiger partial charge in [0.05, 0.1) is 11.9 Å². The second kappa shape index (κ2) is 5.77. The highest BCUT2D eigenvalue weighted by Gasteiger charge is 2.36. The van der Waals surface area contributed by atoms with Crippen molar-refractivity contribution in [3.05, 3.63) is 17.5 Å². The van der Waals surface area contributed by atoms with Gasteiger partial charge in [-0.25, -0.2) is 4.79 Å². The number of aryl methyl sites for hydroxylation is 1. The lowest BCUT2D eigenvalue weighted by Crippen LogP contribution is -2.48. The summed E-state index contributed by atoms with van der Waals surface area (Å²) in [5.41, 5.74) is 1.13. The van der Waals surface area contributed by atoms with Crippen LogP contribution in [0.25, 0.3) is 0 Å². The summed E-state index contributed by atoms with van der Waals surface area (Å²) in [4.78, 5) is 13.7. The number of carbonyl (C=O) groups is 1. The van der Waals surface area contributed by atoms with Crippen LogP contribution >= 0.6 is 0 Å². The number of carboxylic acids is 1. The lowest BCUT2D eigenvalue weighted by Gasteiger charge is -2.37. The van der Waals surface area contributed by atoms with E-state index in [2.05, 4.69) is 22.2 Å². The molecular formula is C15H24N4O2. The zero-order chi connectivity index (χ0) is 15.0. The molecule has 0 aliphatic carbocycles. The third-order valence-corrected chi connectivity index (χ3v) is 5.02. The van der Waals surface area contributed by atoms with Crippen molar-refractivity contribution in [1.29, 1.82) is 0 Å². The predicted molar refractivity (Wildman–Crippen MR) is 79.2 cm³/mol. The Labute approximate surface area is 125 Å². The highest BCUT2D eigenvalue weighted by molar-refractivity contribution is 5.88. The van der Waals surface area contributed by atoms with E-state index in [9.17, 15) is 9.90 Å². The minimum atomic E-state index is -0.889. The summed E-state index contributed by atoms with van der Waals surface area (Å²) in [5, 5.41) is 17.1. The van der Waals surface area contributed by atoms with Gasteiger partial charge in [-0.2, -0.15) is 5.10 Å². The van der Waals surface area contributed by atoms with E-state index in [0.29, 0.717) is 30.2 Å². The van der Waals surface area contributed by atoms with Crippen molar-refractivity contribution in [3.63, 3.8) is 0 Å². The normalized spacial score (nSPS) is 28.2. The van der Waals surface area contributed by atoms with Crippen molar-refractivity contribution in [1.82, 2.24) is 20.0 Å². The van der Waals surface area contributed by atoms with E-state index in [4.69, 9.17) is 0 Å². The Kier molecular flexibility index (Phi) is 3.99. The number of piperidine rings is 1. The van der Waals surface area contributed by atoms with Crippen molar-refractivity contribution in [2.45, 2.75) is 57.3 Å². The molecule has 0 saturated carbocycles. The van der Waals surface area contributed by atoms with Gasteiger partial charge in [0.2, 0.25) is 0 Å². The fourth-order valence-corrected chi connectivity index (χ4v) is 3.85. The Bertz CT molecular complexity index is 516. The van der Waals surface area contributed by atoms with Crippen LogP contribution in [0.1, 0.15) is 48.7 Å². The van der Waals surface area contributed by atoms with Gasteiger partial charge in [0.15, 0.2) is 0 Å². The number of nitrogens with zero attached hydrogens (tertiary/aromatic N) is 3. The quantitative estimate of drug-likeness (QED) is 0.854. The molecule has 0 aromatic carbocycles. The molecule has 0 amide bonds. The Balaban J connectivity index is 1.75. The van der Waals surface area contributed by atoms with Crippen LogP contribution in [0.15, 0.2) is 6.20 Å². The molecule has 0 spiro atoms. The van der Waals surface area contributed by atoms with Crippen molar-refractivity contribution in [2.24, 2.45) is 7.05 Å². The van der Waals surface area contributed by atoms with Crippen molar-refractivity contribution >= 4 is 5.97 Å². The molecule has 2 N–H and O–H groups in total. The van der Waals surface area contributed by atoms with Gasteiger partial charge in [0.1, 0.15) is 5.56 Å². The number of aromatic nitrogens is 2. The van der Waals surface area contributed by atoms with Crippen LogP contribution in [-0.4, -0.2) is 50.4 Å². The van der Waals surface area contributed by atoms with Crippen LogP contribution in [0, 0.1) is 0 Å². The Morgan fingerprint density at radius 3 is 2.71 bits per heavy atom. The van der Waals surface area contributed by atoms with E-state index in [0.717, 1.165) is 12.2 Å². The summed E-state index contributed by atoms with van der Waals surface area (Å²) in [5.74, 6) is -0.889. The molecule has 116 valence electrons. The van der Waals surface area contributed by atoms with Crippen molar-refractivity contribution in [2.75, 3.05) is 6.54 Å². The molecule has 3 heterocycles. The molecule has 0 radical (unpaired) electrons. The number of fused-ring (bicyclic) bond motifs is 2. The summed E-state index contributed by atoms with van der Waals surface area (Å²) in [6, 6.07) is 1.84. The molecule has 3 rings (SSSR count). The molecule has 1 aromatic heterocycles. The maximum Gasteiger partial charge on any atom is 0.339 e. The Morgan fingerprint density at radius 2 is 2.14 bits per heavy atom. The van der Waals surface area contributed by atoms with Gasteiger partial charge in [-0.3, -0.25) is 9.58 Å². The SMILES string of the molecule is CCN(Cc1c(C(=O)O)cnn1C)C1CC2CCC(C1)N2. The highest BCUT2D eigenvalue weighted by atomic mass is 16.4. The second-order valence-corrected chi connectivity index (χ2v) is 6.26. The lowest BCUT2D eigenvalue weighted by atomic mass is 9.98. The molecular weight excluding hydrogens is 268 g/mol. The molecule has 2 aliphatic heterocycles. The summed E-state index contributed by atoms with van der Waals surface area (Å²) in [6.45, 7) is 3.76. The second-order valence-electron chi connectivity index (χ2n) is 6.26. The molecule has 2 aliphatic rings. The third-order valence-electron chi connectivity index (χ3n) is 5.02. The fraction of sp³-hybridized carbons (Fsp3) is 0.733. The Hall–Kier alpha value is -1.40. The summed E-state index contributed by atoms with van der Waals surface area (Å²) >= 11 is 0. The van der Waals surface area contributed by atoms with E-state index in [1.807, 2.05) is 7.05 Å². The van der Waals surface area contributed by atoms with Crippen LogP contribution in [-0.2, 0) is 13.6 Å². The molecule has 6 heteroatoms. The molecule has 21 heavy (non-hydrogen) atoms. The summed E-state index contributed by atoms with van der Waals surface area (Å²) in [6.07, 6.45) is 6.36. The Morgan fingerprint density at radius 1 is 1.48 bits per heavy atom. The molecule has 2 saturated heterocycles. The van der Waals surface area contributed by atoms with E-state index in [-0.39, 0.29) is 0 Å². The van der Waals surface area contributed by atoms with Crippen LogP contribution < -0.4 is 5.32 Å². The van der Waals surface area contributed by atoms with Gasteiger partial charge in [0.25, 0.3) is 0 Å². The van der Waals surface area contributed by atoms with E-state index < -0.39 is 5.97 Å². The minimum absolute atomic E-state index is 0.327. The fourth-order valence-electron chi connectivity index (χ4n) is 3.85. The highest BCUT2D eigenvalue weighted by Crippen LogP contribution is 2.30. The number of rotatable bonds is 5. The minimum Gasteiger partial charge on any atom is -0.478 e. The first-order valence-electron chi connectivity index (χ1n) is 7.82. The van der Waals surface area contributed by atoms with Gasteiger partial charge in [0, 0.05) is 31.7 Å². The largest absolute Gasteiger partial charge is 0.478 e. The first kappa shape index (κ1) is 14.5. The standard InChI is InChI=1S/C15H24N4O2/c1-3-19(12-6-10-4-5-11(7-12)17-10)9-14-13(15(20)21)8-16-18(14)2/h8,10-12,17H,3-7,9H2,1-2H3,(H,20,21). The molecule has 2 fully saturated rings. The molecule has 1 aromatic rings. The van der Waals surface area contributed by atoms with Crippen LogP contribution in [0.3, 0.4) is 0 Å². The first-order valence-corrected chi connectivity index (χ1v) is 7.82. The van der Waals surface area contributed by atoms with E-state index in [1.165, 1.54) is 31.9 Å². The first-order chi connectivity index (χ1) is 10.1. The topological polar surface area (TPSA) is 70.4 Å². The van der Waals surface area contributed by atoms with Gasteiger partial charge < -0.3 is 10.4 Å². The van der Waals surface area contributed by atoms with Gasteiger partial charge in [-0.1, -0.05) is 6.92 Å². The predicted octanol–water partition coefficient (Wildman–Crippen LogP) is 1.22. The van der Waals surface area contributed by atoms with E-state index in [1.54, 1.807) is 4.68 Å². The average Bonchev–Trinajstić information content (AvgIpc) is 2.99. The smallest absolute Gasteiger partial charge is 0.339 e. The lowest BCUT2D eigenvalue weighted by molar-refractivity contribution is 0.0691. The number of aromatic carboxylic acids is 1. The van der Waals surface area contributed by atoms with Crippen molar-refractivity contribution < 1.29 is 9.90 Å². The monoisotopic (exact) mass is 292 g/mol. The van der Waals surface area contributed by atoms with Gasteiger partial charge in [-0.05, 0) is 32.2 Å². The number of hydrogen-bond donors (Lipinski definition) is 2. The molecule has 6 nitrogen and oxygen atoms in total. The van der Waals surface area contributed by atoms with Gasteiger partial charge in [-0.15, -0.1) is 0 Å². The zero-order valence-corrected chi connectivity index (χ0v) is 12.7. The number of nitrogens with one attached hydrogen (secondary N) is 1. The number of carboxylic acid groups (broad SMARTS) is 1. The third kappa shape index (κ3) is 2.82. The van der Waals surface area contributed by atoms with E-state index >= 15 is 0 Å². The molecule has 2 atom stereocenters. The maximum atomic E-state index is 11.3. The van der Waals surface area contributed by atoms with Crippen LogP contribution in [0.2, 0.25) is 0 Å². The average molecular weight is 292 g/mol. The van der Waals surface area contributed by atoms with Crippen molar-refractivity contribution in [3.8, 4) is 0 Å². The molecule has 2 bridgehead atoms. The maximum absolute atomic E-state index is 11.3. The van der Waals surface area contributed by atoms with Gasteiger partial charge >= 0.3 is 5.97 Å².